The van der Waals surface area contributed by atoms with Gasteiger partial charge in [-0.1, -0.05) is 63.2 Å². The molecule has 0 aliphatic rings. The summed E-state index contributed by atoms with van der Waals surface area (Å²) in [5, 5.41) is 0. The van der Waals surface area contributed by atoms with E-state index in [0.29, 0.717) is 6.61 Å². The summed E-state index contributed by atoms with van der Waals surface area (Å²) in [4.78, 5) is 11.6. The molecule has 0 unspecified atom stereocenters. The fourth-order valence-electron chi connectivity index (χ4n) is 2.13. The third-order valence-electron chi connectivity index (χ3n) is 3.53. The van der Waals surface area contributed by atoms with Crippen molar-refractivity contribution in [2.75, 3.05) is 13.2 Å². The molecule has 0 bridgehead atoms. The van der Waals surface area contributed by atoms with Crippen molar-refractivity contribution < 1.29 is 14.3 Å². The van der Waals surface area contributed by atoms with Gasteiger partial charge in [0.1, 0.15) is 19.0 Å². The summed E-state index contributed by atoms with van der Waals surface area (Å²) >= 11 is 0. The van der Waals surface area contributed by atoms with E-state index >= 15 is 0 Å². The summed E-state index contributed by atoms with van der Waals surface area (Å²) in [5.74, 6) is 0.407. The zero-order valence-electron chi connectivity index (χ0n) is 14.5. The summed E-state index contributed by atoms with van der Waals surface area (Å²) in [5.41, 5.74) is 2.34. The van der Waals surface area contributed by atoms with Crippen molar-refractivity contribution in [1.29, 1.82) is 0 Å². The van der Waals surface area contributed by atoms with E-state index in [4.69, 9.17) is 9.47 Å². The first kappa shape index (κ1) is 17.8. The van der Waals surface area contributed by atoms with E-state index < -0.39 is 0 Å². The molecular weight excluding hydrogens is 300 g/mol. The molecule has 0 N–H and O–H groups in total. The molecule has 3 heteroatoms. The van der Waals surface area contributed by atoms with Crippen molar-refractivity contribution in [2.45, 2.75) is 26.2 Å². The second kappa shape index (κ2) is 8.34. The van der Waals surface area contributed by atoms with Crippen LogP contribution in [0, 0.1) is 0 Å². The predicted molar refractivity (Wildman–Crippen MR) is 97.1 cm³/mol. The highest BCUT2D eigenvalue weighted by molar-refractivity contribution is 5.87. The Bertz CT molecular complexity index is 664. The van der Waals surface area contributed by atoms with E-state index in [0.717, 1.165) is 11.3 Å². The van der Waals surface area contributed by atoms with Crippen molar-refractivity contribution in [2.24, 2.45) is 0 Å². The molecule has 0 atom stereocenters. The van der Waals surface area contributed by atoms with Crippen molar-refractivity contribution in [1.82, 2.24) is 0 Å². The summed E-state index contributed by atoms with van der Waals surface area (Å²) in [6.45, 7) is 7.07. The maximum absolute atomic E-state index is 11.6. The van der Waals surface area contributed by atoms with Crippen LogP contribution in [0.15, 0.2) is 60.7 Å². The van der Waals surface area contributed by atoms with Crippen molar-refractivity contribution in [3.63, 3.8) is 0 Å². The Morgan fingerprint density at radius 3 is 2.25 bits per heavy atom. The van der Waals surface area contributed by atoms with Crippen LogP contribution in [0.3, 0.4) is 0 Å². The Hall–Kier alpha value is -2.55. The zero-order valence-corrected chi connectivity index (χ0v) is 14.5. The number of carbonyl (C=O) groups is 1. The lowest BCUT2D eigenvalue weighted by Gasteiger charge is -2.19. The lowest BCUT2D eigenvalue weighted by Crippen LogP contribution is -2.12. The van der Waals surface area contributed by atoms with Gasteiger partial charge in [0.2, 0.25) is 0 Å². The maximum atomic E-state index is 11.6. The minimum atomic E-state index is -0.370. The lowest BCUT2D eigenvalue weighted by atomic mass is 9.87. The molecule has 24 heavy (non-hydrogen) atoms. The SMILES string of the molecule is CC(C)(C)c1ccc(OCCOC(=O)/C=C/c2ccccc2)cc1. The standard InChI is InChI=1S/C21H24O3/c1-21(2,3)18-10-12-19(13-11-18)23-15-16-24-20(22)14-9-17-7-5-4-6-8-17/h4-14H,15-16H2,1-3H3/b14-9+. The van der Waals surface area contributed by atoms with Gasteiger partial charge in [-0.3, -0.25) is 0 Å². The molecule has 0 saturated heterocycles. The summed E-state index contributed by atoms with van der Waals surface area (Å²) in [7, 11) is 0. The van der Waals surface area contributed by atoms with Crippen molar-refractivity contribution >= 4 is 12.0 Å². The van der Waals surface area contributed by atoms with Gasteiger partial charge in [0, 0.05) is 6.08 Å². The van der Waals surface area contributed by atoms with E-state index in [1.165, 1.54) is 11.6 Å². The van der Waals surface area contributed by atoms with Crippen LogP contribution in [-0.4, -0.2) is 19.2 Å². The van der Waals surface area contributed by atoms with Crippen LogP contribution < -0.4 is 4.74 Å². The Morgan fingerprint density at radius 2 is 1.62 bits per heavy atom. The van der Waals surface area contributed by atoms with Gasteiger partial charge in [0.25, 0.3) is 0 Å². The lowest BCUT2D eigenvalue weighted by molar-refractivity contribution is -0.138. The minimum Gasteiger partial charge on any atom is -0.490 e. The van der Waals surface area contributed by atoms with Crippen molar-refractivity contribution in [3.8, 4) is 5.75 Å². The van der Waals surface area contributed by atoms with Crippen molar-refractivity contribution in [3.05, 3.63) is 71.8 Å². The molecule has 0 amide bonds. The molecule has 126 valence electrons. The Kier molecular flexibility index (Phi) is 6.19. The summed E-state index contributed by atoms with van der Waals surface area (Å²) in [6.07, 6.45) is 3.15. The van der Waals surface area contributed by atoms with Crippen LogP contribution in [0.1, 0.15) is 31.9 Å². The van der Waals surface area contributed by atoms with Gasteiger partial charge in [-0.2, -0.15) is 0 Å². The monoisotopic (exact) mass is 324 g/mol. The van der Waals surface area contributed by atoms with Crippen LogP contribution in [0.2, 0.25) is 0 Å². The first-order valence-electron chi connectivity index (χ1n) is 8.08. The summed E-state index contributed by atoms with van der Waals surface area (Å²) in [6, 6.07) is 17.6. The molecule has 2 rings (SSSR count). The number of hydrogen-bond acceptors (Lipinski definition) is 3. The molecule has 0 aromatic heterocycles. The topological polar surface area (TPSA) is 35.5 Å². The molecule has 0 aliphatic carbocycles. The maximum Gasteiger partial charge on any atom is 0.330 e. The Morgan fingerprint density at radius 1 is 0.958 bits per heavy atom. The molecule has 3 nitrogen and oxygen atoms in total. The van der Waals surface area contributed by atoms with Gasteiger partial charge < -0.3 is 9.47 Å². The van der Waals surface area contributed by atoms with Crippen LogP contribution in [-0.2, 0) is 14.9 Å². The molecular formula is C21H24O3. The number of ether oxygens (including phenoxy) is 2. The third kappa shape index (κ3) is 5.92. The van der Waals surface area contributed by atoms with Gasteiger partial charge >= 0.3 is 5.97 Å². The number of benzene rings is 2. The average molecular weight is 324 g/mol. The van der Waals surface area contributed by atoms with E-state index in [-0.39, 0.29) is 18.0 Å². The molecule has 0 heterocycles. The number of carbonyl (C=O) groups excluding carboxylic acids is 1. The first-order valence-corrected chi connectivity index (χ1v) is 8.08. The molecule has 2 aromatic carbocycles. The second-order valence-corrected chi connectivity index (χ2v) is 6.53. The molecule has 2 aromatic rings. The second-order valence-electron chi connectivity index (χ2n) is 6.53. The Balaban J connectivity index is 1.71. The van der Waals surface area contributed by atoms with Crippen LogP contribution in [0.5, 0.6) is 5.75 Å². The van der Waals surface area contributed by atoms with Gasteiger partial charge in [0.15, 0.2) is 0 Å². The van der Waals surface area contributed by atoms with Gasteiger partial charge in [0.05, 0.1) is 0 Å². The highest BCUT2D eigenvalue weighted by Gasteiger charge is 2.12. The smallest absolute Gasteiger partial charge is 0.330 e. The molecule has 0 radical (unpaired) electrons. The van der Waals surface area contributed by atoms with Gasteiger partial charge in [-0.15, -0.1) is 0 Å². The summed E-state index contributed by atoms with van der Waals surface area (Å²) < 4.78 is 10.7. The fraction of sp³-hybridized carbons (Fsp3) is 0.286. The first-order chi connectivity index (χ1) is 11.4. The molecule has 0 spiro atoms. The molecule has 0 aliphatic heterocycles. The highest BCUT2D eigenvalue weighted by Crippen LogP contribution is 2.24. The van der Waals surface area contributed by atoms with Crippen LogP contribution >= 0.6 is 0 Å². The molecule has 0 saturated carbocycles. The third-order valence-corrected chi connectivity index (χ3v) is 3.53. The molecule has 0 fully saturated rings. The van der Waals surface area contributed by atoms with E-state index in [1.54, 1.807) is 6.08 Å². The van der Waals surface area contributed by atoms with Gasteiger partial charge in [-0.25, -0.2) is 4.79 Å². The zero-order chi connectivity index (χ0) is 17.4. The number of rotatable bonds is 6. The largest absolute Gasteiger partial charge is 0.490 e. The number of esters is 1. The minimum absolute atomic E-state index is 0.124. The highest BCUT2D eigenvalue weighted by atomic mass is 16.6. The van der Waals surface area contributed by atoms with Crippen LogP contribution in [0.25, 0.3) is 6.08 Å². The average Bonchev–Trinajstić information content (AvgIpc) is 2.57. The Labute approximate surface area is 143 Å². The number of hydrogen-bond donors (Lipinski definition) is 0. The fourth-order valence-corrected chi connectivity index (χ4v) is 2.13. The predicted octanol–water partition coefficient (Wildman–Crippen LogP) is 4.62. The van der Waals surface area contributed by atoms with E-state index in [9.17, 15) is 4.79 Å². The quantitative estimate of drug-likeness (QED) is 0.442. The van der Waals surface area contributed by atoms with E-state index in [2.05, 4.69) is 32.9 Å². The van der Waals surface area contributed by atoms with E-state index in [1.807, 2.05) is 42.5 Å². The van der Waals surface area contributed by atoms with Crippen LogP contribution in [0.4, 0.5) is 0 Å². The normalized spacial score (nSPS) is 11.5. The van der Waals surface area contributed by atoms with Gasteiger partial charge in [-0.05, 0) is 34.8 Å².